The molecular weight excluding hydrogens is 266 g/mol. The van der Waals surface area contributed by atoms with E-state index >= 15 is 0 Å². The summed E-state index contributed by atoms with van der Waals surface area (Å²) in [4.78, 5) is 12.3. The van der Waals surface area contributed by atoms with Gasteiger partial charge in [-0.3, -0.25) is 4.79 Å². The highest BCUT2D eigenvalue weighted by Crippen LogP contribution is 2.22. The smallest absolute Gasteiger partial charge is 0.251 e. The Kier molecular flexibility index (Phi) is 6.05. The molecule has 1 amide bonds. The van der Waals surface area contributed by atoms with E-state index in [2.05, 4.69) is 5.32 Å². The van der Waals surface area contributed by atoms with Crippen LogP contribution in [0.2, 0.25) is 0 Å². The zero-order chi connectivity index (χ0) is 15.1. The van der Waals surface area contributed by atoms with Gasteiger partial charge in [-0.2, -0.15) is 0 Å². The number of hydrogen-bond acceptors (Lipinski definition) is 3. The molecule has 2 rings (SSSR count). The second-order valence-electron chi connectivity index (χ2n) is 5.35. The number of ether oxygens (including phenoxy) is 2. The van der Waals surface area contributed by atoms with Gasteiger partial charge in [-0.25, -0.2) is 0 Å². The van der Waals surface area contributed by atoms with Crippen LogP contribution in [0.1, 0.15) is 55.5 Å². The van der Waals surface area contributed by atoms with Crippen LogP contribution in [0.4, 0.5) is 0 Å². The summed E-state index contributed by atoms with van der Waals surface area (Å²) in [6, 6.07) is 5.90. The molecule has 0 aliphatic heterocycles. The van der Waals surface area contributed by atoms with Crippen LogP contribution in [0.15, 0.2) is 18.2 Å². The van der Waals surface area contributed by atoms with Gasteiger partial charge in [0.25, 0.3) is 5.91 Å². The molecule has 21 heavy (non-hydrogen) atoms. The maximum Gasteiger partial charge on any atom is 0.251 e. The minimum atomic E-state index is 0.00250. The molecule has 4 nitrogen and oxygen atoms in total. The van der Waals surface area contributed by atoms with Crippen molar-refractivity contribution < 1.29 is 14.3 Å². The van der Waals surface area contributed by atoms with Gasteiger partial charge < -0.3 is 14.8 Å². The summed E-state index contributed by atoms with van der Waals surface area (Å²) < 4.78 is 11.1. The lowest BCUT2D eigenvalue weighted by molar-refractivity contribution is 0.0937. The lowest BCUT2D eigenvalue weighted by Gasteiger charge is -2.14. The molecule has 1 aliphatic carbocycles. The molecular formula is C17H25NO3. The van der Waals surface area contributed by atoms with Crippen molar-refractivity contribution in [1.82, 2.24) is 5.32 Å². The molecule has 1 aromatic carbocycles. The minimum Gasteiger partial charge on any atom is -0.494 e. The van der Waals surface area contributed by atoms with Gasteiger partial charge in [0.15, 0.2) is 0 Å². The van der Waals surface area contributed by atoms with Gasteiger partial charge in [0, 0.05) is 23.8 Å². The third-order valence-corrected chi connectivity index (χ3v) is 3.77. The van der Waals surface area contributed by atoms with E-state index in [-0.39, 0.29) is 5.91 Å². The Labute approximate surface area is 126 Å². The molecule has 0 aromatic heterocycles. The lowest BCUT2D eigenvalue weighted by Crippen LogP contribution is -2.32. The predicted octanol–water partition coefficient (Wildman–Crippen LogP) is 3.29. The zero-order valence-corrected chi connectivity index (χ0v) is 13.0. The Morgan fingerprint density at radius 2 is 2.00 bits per heavy atom. The number of amides is 1. The van der Waals surface area contributed by atoms with E-state index in [0.29, 0.717) is 31.4 Å². The van der Waals surface area contributed by atoms with E-state index in [4.69, 9.17) is 9.47 Å². The second-order valence-corrected chi connectivity index (χ2v) is 5.35. The van der Waals surface area contributed by atoms with E-state index < -0.39 is 0 Å². The normalized spacial score (nSPS) is 15.1. The largest absolute Gasteiger partial charge is 0.494 e. The van der Waals surface area contributed by atoms with Crippen molar-refractivity contribution in [2.75, 3.05) is 13.2 Å². The molecule has 0 heterocycles. The molecule has 1 aliphatic rings. The third-order valence-electron chi connectivity index (χ3n) is 3.77. The molecule has 0 bridgehead atoms. The van der Waals surface area contributed by atoms with Crippen molar-refractivity contribution in [3.8, 4) is 5.75 Å². The number of benzene rings is 1. The Morgan fingerprint density at radius 3 is 2.67 bits per heavy atom. The summed E-state index contributed by atoms with van der Waals surface area (Å²) >= 11 is 0. The highest BCUT2D eigenvalue weighted by molar-refractivity contribution is 5.94. The van der Waals surface area contributed by atoms with Crippen LogP contribution in [0, 0.1) is 0 Å². The quantitative estimate of drug-likeness (QED) is 0.838. The predicted molar refractivity (Wildman–Crippen MR) is 82.7 cm³/mol. The summed E-state index contributed by atoms with van der Waals surface area (Å²) in [6.07, 6.45) is 4.61. The fraction of sp³-hybridized carbons (Fsp3) is 0.588. The van der Waals surface area contributed by atoms with Crippen molar-refractivity contribution in [3.05, 3.63) is 29.3 Å². The van der Waals surface area contributed by atoms with Crippen molar-refractivity contribution in [1.29, 1.82) is 0 Å². The first-order valence-electron chi connectivity index (χ1n) is 7.89. The molecule has 1 saturated carbocycles. The van der Waals surface area contributed by atoms with Crippen molar-refractivity contribution in [3.63, 3.8) is 0 Å². The highest BCUT2D eigenvalue weighted by atomic mass is 16.5. The van der Waals surface area contributed by atoms with Crippen molar-refractivity contribution >= 4 is 5.91 Å². The topological polar surface area (TPSA) is 47.6 Å². The molecule has 0 saturated heterocycles. The Balaban J connectivity index is 2.09. The molecule has 0 unspecified atom stereocenters. The molecule has 1 fully saturated rings. The average molecular weight is 291 g/mol. The Hall–Kier alpha value is -1.55. The van der Waals surface area contributed by atoms with Gasteiger partial charge >= 0.3 is 0 Å². The first-order valence-corrected chi connectivity index (χ1v) is 7.89. The fourth-order valence-electron chi connectivity index (χ4n) is 2.68. The van der Waals surface area contributed by atoms with Gasteiger partial charge in [0.05, 0.1) is 13.2 Å². The number of hydrogen-bond donors (Lipinski definition) is 1. The van der Waals surface area contributed by atoms with Gasteiger partial charge in [-0.15, -0.1) is 0 Å². The van der Waals surface area contributed by atoms with E-state index in [9.17, 15) is 4.79 Å². The number of rotatable bonds is 7. The summed E-state index contributed by atoms with van der Waals surface area (Å²) in [5.74, 6) is 0.797. The van der Waals surface area contributed by atoms with Gasteiger partial charge in [-0.05, 0) is 44.9 Å². The van der Waals surface area contributed by atoms with E-state index in [0.717, 1.165) is 24.2 Å². The molecule has 0 atom stereocenters. The molecule has 116 valence electrons. The average Bonchev–Trinajstić information content (AvgIpc) is 2.99. The standard InChI is InChI=1S/C17H25NO3/c1-3-20-12-14-11-13(9-10-16(14)21-4-2)17(19)18-15-7-5-6-8-15/h9-11,15H,3-8,12H2,1-2H3,(H,18,19). The first-order chi connectivity index (χ1) is 10.2. The van der Waals surface area contributed by atoms with Crippen molar-refractivity contribution in [2.45, 2.75) is 52.2 Å². The molecule has 0 radical (unpaired) electrons. The van der Waals surface area contributed by atoms with Crippen LogP contribution >= 0.6 is 0 Å². The van der Waals surface area contributed by atoms with Crippen LogP contribution in [-0.4, -0.2) is 25.2 Å². The third kappa shape index (κ3) is 4.46. The van der Waals surface area contributed by atoms with Gasteiger partial charge in [-0.1, -0.05) is 12.8 Å². The van der Waals surface area contributed by atoms with Crippen molar-refractivity contribution in [2.24, 2.45) is 0 Å². The summed E-state index contributed by atoms with van der Waals surface area (Å²) in [7, 11) is 0. The highest BCUT2D eigenvalue weighted by Gasteiger charge is 2.18. The van der Waals surface area contributed by atoms with Crippen LogP contribution in [0.3, 0.4) is 0 Å². The number of carbonyl (C=O) groups excluding carboxylic acids is 1. The van der Waals surface area contributed by atoms with E-state index in [1.54, 1.807) is 0 Å². The minimum absolute atomic E-state index is 0.00250. The maximum absolute atomic E-state index is 12.3. The van der Waals surface area contributed by atoms with Crippen LogP contribution in [0.5, 0.6) is 5.75 Å². The second kappa shape index (κ2) is 8.03. The molecule has 0 spiro atoms. The summed E-state index contributed by atoms with van der Waals surface area (Å²) in [6.45, 7) is 5.62. The zero-order valence-electron chi connectivity index (χ0n) is 13.0. The fourth-order valence-corrected chi connectivity index (χ4v) is 2.68. The molecule has 1 N–H and O–H groups in total. The van der Waals surface area contributed by atoms with Crippen LogP contribution in [-0.2, 0) is 11.3 Å². The monoisotopic (exact) mass is 291 g/mol. The van der Waals surface area contributed by atoms with Crippen LogP contribution in [0.25, 0.3) is 0 Å². The van der Waals surface area contributed by atoms with E-state index in [1.165, 1.54) is 12.8 Å². The number of nitrogens with one attached hydrogen (secondary N) is 1. The van der Waals surface area contributed by atoms with Crippen LogP contribution < -0.4 is 10.1 Å². The van der Waals surface area contributed by atoms with E-state index in [1.807, 2.05) is 32.0 Å². The molecule has 1 aromatic rings. The van der Waals surface area contributed by atoms with Gasteiger partial charge in [0.1, 0.15) is 5.75 Å². The first kappa shape index (κ1) is 15.8. The molecule has 4 heteroatoms. The summed E-state index contributed by atoms with van der Waals surface area (Å²) in [5, 5.41) is 3.11. The lowest BCUT2D eigenvalue weighted by atomic mass is 10.1. The Morgan fingerprint density at radius 1 is 1.24 bits per heavy atom. The maximum atomic E-state index is 12.3. The SMILES string of the molecule is CCOCc1cc(C(=O)NC2CCCC2)ccc1OCC. The number of carbonyl (C=O) groups is 1. The Bertz CT molecular complexity index is 467. The summed E-state index contributed by atoms with van der Waals surface area (Å²) in [5.41, 5.74) is 1.61. The van der Waals surface area contributed by atoms with Gasteiger partial charge in [0.2, 0.25) is 0 Å².